The van der Waals surface area contributed by atoms with Crippen molar-refractivity contribution in [1.82, 2.24) is 14.9 Å². The van der Waals surface area contributed by atoms with Crippen LogP contribution < -0.4 is 5.32 Å². The number of rotatable bonds is 6. The molecule has 0 aliphatic heterocycles. The summed E-state index contributed by atoms with van der Waals surface area (Å²) in [4.78, 5) is 22.3. The molecule has 1 heterocycles. The normalized spacial score (nSPS) is 10.4. The van der Waals surface area contributed by atoms with E-state index in [2.05, 4.69) is 22.2 Å². The van der Waals surface area contributed by atoms with E-state index >= 15 is 0 Å². The van der Waals surface area contributed by atoms with E-state index in [0.29, 0.717) is 16.5 Å². The van der Waals surface area contributed by atoms with Crippen molar-refractivity contribution in [3.05, 3.63) is 46.9 Å². The highest BCUT2D eigenvalue weighted by Gasteiger charge is 2.13. The van der Waals surface area contributed by atoms with Gasteiger partial charge in [0.2, 0.25) is 0 Å². The fraction of sp³-hybridized carbons (Fsp3) is 0.353. The second-order valence-corrected chi connectivity index (χ2v) is 5.86. The van der Waals surface area contributed by atoms with E-state index in [1.165, 1.54) is 6.20 Å². The van der Waals surface area contributed by atoms with Crippen LogP contribution in [-0.4, -0.2) is 34.4 Å². The van der Waals surface area contributed by atoms with Crippen LogP contribution in [0.25, 0.3) is 0 Å². The largest absolute Gasteiger partial charge is 0.340 e. The molecule has 2 aromatic rings. The molecule has 2 rings (SSSR count). The number of halogens is 1. The topological polar surface area (TPSA) is 58.1 Å². The van der Waals surface area contributed by atoms with Gasteiger partial charge in [0.1, 0.15) is 11.5 Å². The lowest BCUT2D eigenvalue weighted by atomic mass is 10.2. The molecule has 23 heavy (non-hydrogen) atoms. The van der Waals surface area contributed by atoms with Crippen molar-refractivity contribution >= 4 is 29.0 Å². The van der Waals surface area contributed by atoms with Crippen molar-refractivity contribution in [2.75, 3.05) is 18.9 Å². The van der Waals surface area contributed by atoms with Crippen LogP contribution in [0, 0.1) is 6.92 Å². The number of aryl methyl sites for hydroxylation is 1. The maximum absolute atomic E-state index is 12.2. The van der Waals surface area contributed by atoms with Crippen LogP contribution in [0.15, 0.2) is 30.6 Å². The van der Waals surface area contributed by atoms with Gasteiger partial charge in [-0.3, -0.25) is 4.79 Å². The number of carbonyl (C=O) groups is 1. The van der Waals surface area contributed by atoms with Crippen LogP contribution in [0.4, 0.5) is 11.5 Å². The lowest BCUT2D eigenvalue weighted by molar-refractivity contribution is 0.0787. The molecule has 0 saturated heterocycles. The zero-order valence-electron chi connectivity index (χ0n) is 13.6. The van der Waals surface area contributed by atoms with E-state index in [1.807, 2.05) is 25.1 Å². The molecule has 0 atom stereocenters. The molecule has 0 bridgehead atoms. The third-order valence-electron chi connectivity index (χ3n) is 3.51. The Hall–Kier alpha value is -2.14. The Balaban J connectivity index is 2.04. The van der Waals surface area contributed by atoms with Gasteiger partial charge in [0, 0.05) is 24.3 Å². The molecule has 5 nitrogen and oxygen atoms in total. The average molecular weight is 333 g/mol. The monoisotopic (exact) mass is 332 g/mol. The number of nitrogens with zero attached hydrogens (tertiary/aromatic N) is 3. The van der Waals surface area contributed by atoms with Gasteiger partial charge < -0.3 is 10.2 Å². The van der Waals surface area contributed by atoms with E-state index in [-0.39, 0.29) is 5.91 Å². The Morgan fingerprint density at radius 3 is 2.70 bits per heavy atom. The third-order valence-corrected chi connectivity index (χ3v) is 3.92. The van der Waals surface area contributed by atoms with Crippen molar-refractivity contribution in [3.8, 4) is 0 Å². The number of benzene rings is 1. The van der Waals surface area contributed by atoms with Gasteiger partial charge >= 0.3 is 0 Å². The van der Waals surface area contributed by atoms with E-state index in [4.69, 9.17) is 11.6 Å². The molecule has 0 spiro atoms. The Bertz CT molecular complexity index is 673. The lowest BCUT2D eigenvalue weighted by Gasteiger charge is -2.16. The van der Waals surface area contributed by atoms with Gasteiger partial charge in [0.25, 0.3) is 5.91 Å². The molecule has 6 heteroatoms. The van der Waals surface area contributed by atoms with Crippen molar-refractivity contribution < 1.29 is 4.79 Å². The zero-order chi connectivity index (χ0) is 16.8. The van der Waals surface area contributed by atoms with Crippen molar-refractivity contribution in [2.45, 2.75) is 26.7 Å². The summed E-state index contributed by atoms with van der Waals surface area (Å²) in [7, 11) is 1.78. The lowest BCUT2D eigenvalue weighted by Crippen LogP contribution is -2.28. The number of aromatic nitrogens is 2. The number of hydrogen-bond acceptors (Lipinski definition) is 4. The van der Waals surface area contributed by atoms with Gasteiger partial charge in [-0.25, -0.2) is 9.97 Å². The summed E-state index contributed by atoms with van der Waals surface area (Å²) < 4.78 is 0. The molecule has 0 fully saturated rings. The molecule has 122 valence electrons. The fourth-order valence-electron chi connectivity index (χ4n) is 2.01. The predicted octanol–water partition coefficient (Wildman–Crippen LogP) is 4.05. The molecular formula is C17H21ClN4O. The van der Waals surface area contributed by atoms with E-state index < -0.39 is 0 Å². The highest BCUT2D eigenvalue weighted by atomic mass is 35.5. The first kappa shape index (κ1) is 17.2. The minimum Gasteiger partial charge on any atom is -0.340 e. The SMILES string of the molecule is CCCCN(C)C(=O)c1cnc(Nc2ccc(C)c(Cl)c2)cn1. The van der Waals surface area contributed by atoms with Crippen molar-refractivity contribution in [3.63, 3.8) is 0 Å². The van der Waals surface area contributed by atoms with E-state index in [0.717, 1.165) is 30.6 Å². The molecule has 1 aromatic carbocycles. The third kappa shape index (κ3) is 4.66. The van der Waals surface area contributed by atoms with Gasteiger partial charge in [-0.05, 0) is 31.0 Å². The number of amides is 1. The molecule has 1 aromatic heterocycles. The number of hydrogen-bond donors (Lipinski definition) is 1. The van der Waals surface area contributed by atoms with Crippen LogP contribution in [0.5, 0.6) is 0 Å². The highest BCUT2D eigenvalue weighted by Crippen LogP contribution is 2.22. The maximum Gasteiger partial charge on any atom is 0.273 e. The first-order chi connectivity index (χ1) is 11.0. The Morgan fingerprint density at radius 1 is 1.30 bits per heavy atom. The van der Waals surface area contributed by atoms with Crippen molar-refractivity contribution in [2.24, 2.45) is 0 Å². The Kier molecular flexibility index (Phi) is 5.93. The number of nitrogens with one attached hydrogen (secondary N) is 1. The molecule has 0 aliphatic rings. The average Bonchev–Trinajstić information content (AvgIpc) is 2.56. The molecule has 1 N–H and O–H groups in total. The van der Waals surface area contributed by atoms with Gasteiger partial charge in [0.05, 0.1) is 12.4 Å². The standard InChI is InChI=1S/C17H21ClN4O/c1-4-5-8-22(3)17(23)15-10-20-16(11-19-15)21-13-7-6-12(2)14(18)9-13/h6-7,9-11H,4-5,8H2,1-3H3,(H,20,21). The van der Waals surface area contributed by atoms with Gasteiger partial charge in [-0.1, -0.05) is 31.0 Å². The summed E-state index contributed by atoms with van der Waals surface area (Å²) in [6.45, 7) is 4.76. The van der Waals surface area contributed by atoms with Gasteiger partial charge in [-0.2, -0.15) is 0 Å². The van der Waals surface area contributed by atoms with Gasteiger partial charge in [-0.15, -0.1) is 0 Å². The summed E-state index contributed by atoms with van der Waals surface area (Å²) in [6, 6.07) is 5.68. The minimum absolute atomic E-state index is 0.115. The smallest absolute Gasteiger partial charge is 0.273 e. The second-order valence-electron chi connectivity index (χ2n) is 5.46. The van der Waals surface area contributed by atoms with Crippen LogP contribution in [0.1, 0.15) is 35.8 Å². The second kappa shape index (κ2) is 7.92. The summed E-state index contributed by atoms with van der Waals surface area (Å²) >= 11 is 6.10. The molecular weight excluding hydrogens is 312 g/mol. The quantitative estimate of drug-likeness (QED) is 0.866. The Labute approximate surface area is 141 Å². The summed E-state index contributed by atoms with van der Waals surface area (Å²) in [6.07, 6.45) is 5.06. The van der Waals surface area contributed by atoms with E-state index in [1.54, 1.807) is 18.1 Å². The summed E-state index contributed by atoms with van der Waals surface area (Å²) in [5.74, 6) is 0.452. The van der Waals surface area contributed by atoms with Crippen LogP contribution in [0.2, 0.25) is 5.02 Å². The molecule has 0 radical (unpaired) electrons. The summed E-state index contributed by atoms with van der Waals surface area (Å²) in [5, 5.41) is 3.81. The predicted molar refractivity (Wildman–Crippen MR) is 93.4 cm³/mol. The zero-order valence-corrected chi connectivity index (χ0v) is 14.4. The van der Waals surface area contributed by atoms with Crippen molar-refractivity contribution in [1.29, 1.82) is 0 Å². The maximum atomic E-state index is 12.2. The van der Waals surface area contributed by atoms with Crippen LogP contribution in [-0.2, 0) is 0 Å². The molecule has 1 amide bonds. The molecule has 0 saturated carbocycles. The number of unbranched alkanes of at least 4 members (excludes halogenated alkanes) is 1. The van der Waals surface area contributed by atoms with Crippen LogP contribution >= 0.6 is 11.6 Å². The first-order valence-electron chi connectivity index (χ1n) is 7.62. The highest BCUT2D eigenvalue weighted by molar-refractivity contribution is 6.31. The van der Waals surface area contributed by atoms with Crippen LogP contribution in [0.3, 0.4) is 0 Å². The molecule has 0 unspecified atom stereocenters. The molecule has 0 aliphatic carbocycles. The Morgan fingerprint density at radius 2 is 2.09 bits per heavy atom. The fourth-order valence-corrected chi connectivity index (χ4v) is 2.19. The van der Waals surface area contributed by atoms with E-state index in [9.17, 15) is 4.79 Å². The number of anilines is 2. The summed E-state index contributed by atoms with van der Waals surface area (Å²) in [5.41, 5.74) is 2.18. The van der Waals surface area contributed by atoms with Gasteiger partial charge in [0.15, 0.2) is 0 Å². The minimum atomic E-state index is -0.115. The first-order valence-corrected chi connectivity index (χ1v) is 7.99. The number of carbonyl (C=O) groups excluding carboxylic acids is 1.